The van der Waals surface area contributed by atoms with Crippen LogP contribution in [0.3, 0.4) is 0 Å². The lowest BCUT2D eigenvalue weighted by atomic mass is 10.1. The molecule has 4 rings (SSSR count). The Kier molecular flexibility index (Phi) is 8.34. The number of hydrogen-bond donors (Lipinski definition) is 3. The van der Waals surface area contributed by atoms with Crippen LogP contribution in [0.1, 0.15) is 28.0 Å². The van der Waals surface area contributed by atoms with E-state index in [4.69, 9.17) is 24.5 Å². The molecule has 3 aliphatic rings. The Morgan fingerprint density at radius 1 is 1.17 bits per heavy atom. The molecule has 160 valence electrons. The monoisotopic (exact) mass is 409 g/mol. The molecule has 10 heteroatoms. The molecule has 1 aromatic rings. The van der Waals surface area contributed by atoms with Crippen molar-refractivity contribution in [2.45, 2.75) is 25.3 Å². The first-order valence-corrected chi connectivity index (χ1v) is 9.43. The number of nitrogens with zero attached hydrogens (tertiary/aromatic N) is 2. The summed E-state index contributed by atoms with van der Waals surface area (Å²) in [5, 5.41) is 13.8. The Morgan fingerprint density at radius 3 is 2.55 bits per heavy atom. The van der Waals surface area contributed by atoms with E-state index in [1.807, 2.05) is 11.0 Å². The van der Waals surface area contributed by atoms with Gasteiger partial charge in [0.05, 0.1) is 19.3 Å². The van der Waals surface area contributed by atoms with Gasteiger partial charge in [-0.15, -0.1) is 0 Å². The van der Waals surface area contributed by atoms with E-state index in [1.165, 1.54) is 0 Å². The summed E-state index contributed by atoms with van der Waals surface area (Å²) in [6.07, 6.45) is 2.92. The molecule has 0 spiro atoms. The summed E-state index contributed by atoms with van der Waals surface area (Å²) in [7, 11) is 2.09. The number of carbonyl (C=O) groups excluding carboxylic acids is 1. The highest BCUT2D eigenvalue weighted by Crippen LogP contribution is 2.22. The highest BCUT2D eigenvalue weighted by atomic mass is 16.5. The Labute approximate surface area is 168 Å². The number of aryl methyl sites for hydroxylation is 2. The molecule has 3 heterocycles. The van der Waals surface area contributed by atoms with E-state index >= 15 is 0 Å². The molecule has 1 aliphatic carbocycles. The van der Waals surface area contributed by atoms with Crippen molar-refractivity contribution in [2.75, 3.05) is 39.9 Å². The van der Waals surface area contributed by atoms with E-state index in [0.29, 0.717) is 37.8 Å². The maximum absolute atomic E-state index is 13.0. The van der Waals surface area contributed by atoms with Gasteiger partial charge in [0.2, 0.25) is 0 Å². The number of hydrogen-bond acceptors (Lipinski definition) is 6. The number of ether oxygens (including phenoxy) is 1. The predicted octanol–water partition coefficient (Wildman–Crippen LogP) is -0.332. The highest BCUT2D eigenvalue weighted by Gasteiger charge is 2.34. The predicted molar refractivity (Wildman–Crippen MR) is 103 cm³/mol. The van der Waals surface area contributed by atoms with Crippen LogP contribution in [0.2, 0.25) is 0 Å². The zero-order chi connectivity index (χ0) is 21.4. The Hall–Kier alpha value is -2.72. The first-order chi connectivity index (χ1) is 13.9. The van der Waals surface area contributed by atoms with Gasteiger partial charge in [-0.2, -0.15) is 0 Å². The lowest BCUT2D eigenvalue weighted by molar-refractivity contribution is -0.123. The lowest BCUT2D eigenvalue weighted by Crippen LogP contribution is -2.45. The third kappa shape index (κ3) is 5.64. The SMILES string of the molecule is CN1C[C@H]2COC[C@@H]1CN(C(=O)c1cc3c([nH]c1=O)CCC3)C2.O=CO.O=CO. The molecular weight excluding hydrogens is 382 g/mol. The molecule has 1 amide bonds. The maximum atomic E-state index is 13.0. The van der Waals surface area contributed by atoms with E-state index < -0.39 is 0 Å². The van der Waals surface area contributed by atoms with Crippen molar-refractivity contribution in [3.63, 3.8) is 0 Å². The van der Waals surface area contributed by atoms with Gasteiger partial charge < -0.3 is 24.8 Å². The Bertz CT molecular complexity index is 774. The van der Waals surface area contributed by atoms with Crippen molar-refractivity contribution in [1.82, 2.24) is 14.8 Å². The van der Waals surface area contributed by atoms with Crippen molar-refractivity contribution in [1.29, 1.82) is 0 Å². The van der Waals surface area contributed by atoms with Crippen LogP contribution in [0.15, 0.2) is 10.9 Å². The molecule has 2 saturated heterocycles. The number of carboxylic acid groups (broad SMARTS) is 2. The summed E-state index contributed by atoms with van der Waals surface area (Å²) >= 11 is 0. The largest absolute Gasteiger partial charge is 0.483 e. The molecule has 1 aromatic heterocycles. The third-order valence-electron chi connectivity index (χ3n) is 5.35. The molecular formula is C19H27N3O7. The fraction of sp³-hybridized carbons (Fsp3) is 0.579. The average Bonchev–Trinajstić information content (AvgIpc) is 2.95. The van der Waals surface area contributed by atoms with Crippen LogP contribution >= 0.6 is 0 Å². The van der Waals surface area contributed by atoms with Crippen molar-refractivity contribution in [2.24, 2.45) is 5.92 Å². The van der Waals surface area contributed by atoms with Crippen LogP contribution in [0, 0.1) is 5.92 Å². The van der Waals surface area contributed by atoms with Gasteiger partial charge in [-0.3, -0.25) is 24.1 Å². The molecule has 0 radical (unpaired) electrons. The minimum absolute atomic E-state index is 0.131. The normalized spacial score (nSPS) is 22.7. The summed E-state index contributed by atoms with van der Waals surface area (Å²) in [5.74, 6) is 0.179. The number of H-pyrrole nitrogens is 1. The first-order valence-electron chi connectivity index (χ1n) is 9.43. The molecule has 2 bridgehead atoms. The summed E-state index contributed by atoms with van der Waals surface area (Å²) in [6, 6.07) is 2.03. The van der Waals surface area contributed by atoms with Gasteiger partial charge in [-0.05, 0) is 37.9 Å². The number of carbonyl (C=O) groups is 3. The number of nitrogens with one attached hydrogen (secondary N) is 1. The van der Waals surface area contributed by atoms with Gasteiger partial charge in [-0.1, -0.05) is 0 Å². The topological polar surface area (TPSA) is 140 Å². The van der Waals surface area contributed by atoms with E-state index in [9.17, 15) is 9.59 Å². The van der Waals surface area contributed by atoms with E-state index in [1.54, 1.807) is 0 Å². The third-order valence-corrected chi connectivity index (χ3v) is 5.35. The van der Waals surface area contributed by atoms with E-state index in [-0.39, 0.29) is 30.5 Å². The van der Waals surface area contributed by atoms with Crippen molar-refractivity contribution < 1.29 is 29.3 Å². The van der Waals surface area contributed by atoms with E-state index in [2.05, 4.69) is 16.9 Å². The minimum Gasteiger partial charge on any atom is -0.483 e. The second kappa shape index (κ2) is 10.7. The molecule has 2 aliphatic heterocycles. The van der Waals surface area contributed by atoms with Gasteiger partial charge in [0.25, 0.3) is 24.4 Å². The van der Waals surface area contributed by atoms with Crippen LogP contribution in [-0.4, -0.2) is 89.8 Å². The fourth-order valence-corrected chi connectivity index (χ4v) is 4.06. The summed E-state index contributed by atoms with van der Waals surface area (Å²) in [6.45, 7) is 3.07. The zero-order valence-corrected chi connectivity index (χ0v) is 16.4. The molecule has 29 heavy (non-hydrogen) atoms. The van der Waals surface area contributed by atoms with Crippen molar-refractivity contribution >= 4 is 18.9 Å². The second-order valence-electron chi connectivity index (χ2n) is 7.29. The van der Waals surface area contributed by atoms with Gasteiger partial charge in [0.15, 0.2) is 0 Å². The molecule has 0 aromatic carbocycles. The summed E-state index contributed by atoms with van der Waals surface area (Å²) in [5.41, 5.74) is 2.19. The van der Waals surface area contributed by atoms with Crippen molar-refractivity contribution in [3.8, 4) is 0 Å². The van der Waals surface area contributed by atoms with Crippen LogP contribution in [0.4, 0.5) is 0 Å². The second-order valence-corrected chi connectivity index (χ2v) is 7.29. The smallest absolute Gasteiger partial charge is 0.290 e. The number of pyridine rings is 1. The zero-order valence-electron chi connectivity index (χ0n) is 16.4. The van der Waals surface area contributed by atoms with Gasteiger partial charge >= 0.3 is 0 Å². The fourth-order valence-electron chi connectivity index (χ4n) is 4.06. The van der Waals surface area contributed by atoms with Gasteiger partial charge in [-0.25, -0.2) is 0 Å². The highest BCUT2D eigenvalue weighted by molar-refractivity contribution is 5.94. The Balaban J connectivity index is 0.000000449. The number of aromatic nitrogens is 1. The number of fused-ring (bicyclic) bond motifs is 4. The first kappa shape index (κ1) is 22.6. The van der Waals surface area contributed by atoms with Crippen LogP contribution in [0.5, 0.6) is 0 Å². The van der Waals surface area contributed by atoms with Crippen LogP contribution in [0.25, 0.3) is 0 Å². The van der Waals surface area contributed by atoms with Crippen LogP contribution in [-0.2, 0) is 27.2 Å². The van der Waals surface area contributed by atoms with Crippen LogP contribution < -0.4 is 5.56 Å². The molecule has 2 atom stereocenters. The lowest BCUT2D eigenvalue weighted by Gasteiger charge is -2.29. The number of amides is 1. The van der Waals surface area contributed by atoms with Gasteiger partial charge in [0, 0.05) is 31.2 Å². The minimum atomic E-state index is -0.250. The van der Waals surface area contributed by atoms with Gasteiger partial charge in [0.1, 0.15) is 5.56 Å². The molecule has 0 unspecified atom stereocenters. The molecule has 2 fully saturated rings. The summed E-state index contributed by atoms with van der Waals surface area (Å²) < 4.78 is 5.70. The molecule has 3 N–H and O–H groups in total. The Morgan fingerprint density at radius 2 is 1.86 bits per heavy atom. The number of likely N-dealkylation sites (N-methyl/N-ethyl adjacent to an activating group) is 1. The molecule has 10 nitrogen and oxygen atoms in total. The van der Waals surface area contributed by atoms with Crippen molar-refractivity contribution in [3.05, 3.63) is 33.2 Å². The van der Waals surface area contributed by atoms with E-state index in [0.717, 1.165) is 37.1 Å². The average molecular weight is 409 g/mol. The quantitative estimate of drug-likeness (QED) is 0.536. The number of rotatable bonds is 1. The maximum Gasteiger partial charge on any atom is 0.290 e. The standard InChI is InChI=1S/C17H23N3O3.2CH2O2/c1-19-6-11-7-20(8-13(19)10-23-9-11)17(22)14-5-12-3-2-4-15(12)18-16(14)21;2*2-1-3/h5,11,13H,2-4,6-10H2,1H3,(H,18,21);2*1H,(H,2,3)/t11-,13+;;/m1../s1. The number of aromatic amines is 1. The molecule has 0 saturated carbocycles. The summed E-state index contributed by atoms with van der Waals surface area (Å²) in [4.78, 5) is 49.0.